The second kappa shape index (κ2) is 8.87. The minimum atomic E-state index is -1.11. The fourth-order valence-corrected chi connectivity index (χ4v) is 1.61. The molecule has 0 fully saturated rings. The van der Waals surface area contributed by atoms with Crippen LogP contribution in [0.25, 0.3) is 4.85 Å². The van der Waals surface area contributed by atoms with Gasteiger partial charge < -0.3 is 24.4 Å². The summed E-state index contributed by atoms with van der Waals surface area (Å²) in [6, 6.07) is -1.11. The van der Waals surface area contributed by atoms with E-state index in [1.807, 2.05) is 0 Å². The van der Waals surface area contributed by atoms with Crippen molar-refractivity contribution < 1.29 is 28.6 Å². The largest absolute Gasteiger partial charge is 0.469 e. The lowest BCUT2D eigenvalue weighted by Gasteiger charge is -2.23. The first-order chi connectivity index (χ1) is 10.1. The topological polar surface area (TPSA) is 95.3 Å². The number of methoxy groups -OCH3 is 2. The molecule has 0 aromatic heterocycles. The number of hydrogen-bond donors (Lipinski definition) is 1. The molecule has 0 spiro atoms. The molecule has 0 bridgehead atoms. The number of hydrogen-bond acceptors (Lipinski definition) is 6. The molecule has 1 N–H and O–H groups in total. The van der Waals surface area contributed by atoms with Crippen molar-refractivity contribution in [3.05, 3.63) is 11.4 Å². The van der Waals surface area contributed by atoms with Crippen molar-refractivity contribution >= 4 is 18.0 Å². The molecule has 0 saturated carbocycles. The van der Waals surface area contributed by atoms with Gasteiger partial charge in [0.05, 0.1) is 14.2 Å². The second-order valence-corrected chi connectivity index (χ2v) is 5.52. The average Bonchev–Trinajstić information content (AvgIpc) is 2.42. The Morgan fingerprint density at radius 2 is 1.68 bits per heavy atom. The monoisotopic (exact) mass is 314 g/mol. The maximum atomic E-state index is 11.8. The highest BCUT2D eigenvalue weighted by Crippen LogP contribution is 2.13. The smallest absolute Gasteiger partial charge is 0.408 e. The summed E-state index contributed by atoms with van der Waals surface area (Å²) < 4.78 is 14.2. The molecule has 0 saturated heterocycles. The molecule has 1 amide bonds. The van der Waals surface area contributed by atoms with Crippen LogP contribution in [0.1, 0.15) is 27.2 Å². The molecule has 1 unspecified atom stereocenters. The normalized spacial score (nSPS) is 13.3. The van der Waals surface area contributed by atoms with Crippen LogP contribution in [0.2, 0.25) is 0 Å². The van der Waals surface area contributed by atoms with E-state index in [9.17, 15) is 14.4 Å². The van der Waals surface area contributed by atoms with E-state index in [0.29, 0.717) is 0 Å². The van der Waals surface area contributed by atoms with Crippen LogP contribution in [0.4, 0.5) is 4.79 Å². The summed E-state index contributed by atoms with van der Waals surface area (Å²) in [7, 11) is 2.35. The van der Waals surface area contributed by atoms with Crippen LogP contribution in [-0.4, -0.2) is 50.4 Å². The van der Waals surface area contributed by atoms with Gasteiger partial charge in [0.25, 0.3) is 0 Å². The molecule has 0 heterocycles. The summed E-state index contributed by atoms with van der Waals surface area (Å²) in [6.45, 7) is 11.7. The van der Waals surface area contributed by atoms with Gasteiger partial charge in [-0.15, -0.1) is 0 Å². The fraction of sp³-hybridized carbons (Fsp3) is 0.714. The summed E-state index contributed by atoms with van der Waals surface area (Å²) in [6.07, 6.45) is -0.921. The van der Waals surface area contributed by atoms with Gasteiger partial charge in [-0.2, -0.15) is 0 Å². The molecule has 8 heteroatoms. The number of nitrogens with zero attached hydrogens (tertiary/aromatic N) is 1. The Hall–Kier alpha value is -2.30. The van der Waals surface area contributed by atoms with Gasteiger partial charge in [0.15, 0.2) is 0 Å². The molecule has 22 heavy (non-hydrogen) atoms. The molecule has 124 valence electrons. The SMILES string of the molecule is [C-]#[N+]C[C@@H](CC(NC(=O)OC(C)(C)C)C(=O)OC)C(=O)OC. The maximum absolute atomic E-state index is 11.8. The third-order valence-corrected chi connectivity index (χ3v) is 2.54. The summed E-state index contributed by atoms with van der Waals surface area (Å²) in [5.74, 6) is -2.21. The molecule has 0 aliphatic rings. The third kappa shape index (κ3) is 7.47. The zero-order valence-corrected chi connectivity index (χ0v) is 13.5. The number of amides is 1. The highest BCUT2D eigenvalue weighted by Gasteiger charge is 2.32. The Balaban J connectivity index is 4.98. The minimum Gasteiger partial charge on any atom is -0.469 e. The predicted molar refractivity (Wildman–Crippen MR) is 76.8 cm³/mol. The van der Waals surface area contributed by atoms with Gasteiger partial charge >= 0.3 is 18.0 Å². The first kappa shape index (κ1) is 19.7. The molecular formula is C14H22N2O6. The summed E-state index contributed by atoms with van der Waals surface area (Å²) in [5, 5.41) is 2.35. The number of nitrogens with one attached hydrogen (secondary N) is 1. The van der Waals surface area contributed by atoms with E-state index < -0.39 is 35.6 Å². The molecule has 0 aliphatic carbocycles. The molecular weight excluding hydrogens is 292 g/mol. The lowest BCUT2D eigenvalue weighted by atomic mass is 10.00. The molecule has 0 aliphatic heterocycles. The molecule has 0 rings (SSSR count). The van der Waals surface area contributed by atoms with Crippen LogP contribution in [-0.2, 0) is 23.8 Å². The van der Waals surface area contributed by atoms with E-state index in [0.717, 1.165) is 7.11 Å². The number of carbonyl (C=O) groups is 3. The first-order valence-corrected chi connectivity index (χ1v) is 6.63. The standard InChI is InChI=1S/C14H22N2O6/c1-14(2,3)22-13(19)16-10(12(18)21-6)7-9(8-15-4)11(17)20-5/h9-10H,7-8H2,1-3,5-6H3,(H,16,19)/t9-,10?/m1/s1. The van der Waals surface area contributed by atoms with Crippen molar-refractivity contribution in [3.8, 4) is 0 Å². The fourth-order valence-electron chi connectivity index (χ4n) is 1.61. The Kier molecular flexibility index (Phi) is 7.94. The number of ether oxygens (including phenoxy) is 3. The second-order valence-electron chi connectivity index (χ2n) is 5.52. The zero-order chi connectivity index (χ0) is 17.3. The lowest BCUT2D eigenvalue weighted by Crippen LogP contribution is -2.46. The Bertz CT molecular complexity index is 449. The average molecular weight is 314 g/mol. The van der Waals surface area contributed by atoms with E-state index in [4.69, 9.17) is 11.3 Å². The summed E-state index contributed by atoms with van der Waals surface area (Å²) in [4.78, 5) is 38.2. The Morgan fingerprint density at radius 3 is 2.09 bits per heavy atom. The van der Waals surface area contributed by atoms with Crippen molar-refractivity contribution in [2.24, 2.45) is 5.92 Å². The van der Waals surface area contributed by atoms with E-state index in [1.165, 1.54) is 7.11 Å². The predicted octanol–water partition coefficient (Wildman–Crippen LogP) is 1.15. The highest BCUT2D eigenvalue weighted by molar-refractivity contribution is 5.82. The Labute approximate surface area is 129 Å². The van der Waals surface area contributed by atoms with Crippen molar-refractivity contribution in [2.75, 3.05) is 20.8 Å². The van der Waals surface area contributed by atoms with Gasteiger partial charge in [0.1, 0.15) is 17.6 Å². The number of rotatable bonds is 6. The number of carbonyl (C=O) groups excluding carboxylic acids is 3. The van der Waals surface area contributed by atoms with E-state index in [2.05, 4.69) is 19.6 Å². The van der Waals surface area contributed by atoms with Crippen LogP contribution >= 0.6 is 0 Å². The molecule has 8 nitrogen and oxygen atoms in total. The quantitative estimate of drug-likeness (QED) is 0.449. The van der Waals surface area contributed by atoms with Crippen molar-refractivity contribution in [3.63, 3.8) is 0 Å². The van der Waals surface area contributed by atoms with Gasteiger partial charge in [-0.3, -0.25) is 4.79 Å². The van der Waals surface area contributed by atoms with Crippen LogP contribution < -0.4 is 5.32 Å². The molecule has 0 radical (unpaired) electrons. The zero-order valence-electron chi connectivity index (χ0n) is 13.5. The number of esters is 2. The van der Waals surface area contributed by atoms with E-state index in [-0.39, 0.29) is 13.0 Å². The minimum absolute atomic E-state index is 0.110. The van der Waals surface area contributed by atoms with E-state index >= 15 is 0 Å². The molecule has 0 aromatic carbocycles. The van der Waals surface area contributed by atoms with Gasteiger partial charge in [-0.1, -0.05) is 0 Å². The summed E-state index contributed by atoms with van der Waals surface area (Å²) >= 11 is 0. The highest BCUT2D eigenvalue weighted by atomic mass is 16.6. The van der Waals surface area contributed by atoms with Gasteiger partial charge in [-0.05, 0) is 27.2 Å². The van der Waals surface area contributed by atoms with Crippen LogP contribution in [0.15, 0.2) is 0 Å². The van der Waals surface area contributed by atoms with Crippen molar-refractivity contribution in [1.29, 1.82) is 0 Å². The third-order valence-electron chi connectivity index (χ3n) is 2.54. The molecule has 2 atom stereocenters. The van der Waals surface area contributed by atoms with Gasteiger partial charge in [-0.25, -0.2) is 16.2 Å². The summed E-state index contributed by atoms with van der Waals surface area (Å²) in [5.41, 5.74) is -0.733. The van der Waals surface area contributed by atoms with Crippen molar-refractivity contribution in [2.45, 2.75) is 38.8 Å². The van der Waals surface area contributed by atoms with Crippen molar-refractivity contribution in [1.82, 2.24) is 5.32 Å². The lowest BCUT2D eigenvalue weighted by molar-refractivity contribution is -0.147. The maximum Gasteiger partial charge on any atom is 0.408 e. The molecule has 0 aromatic rings. The van der Waals surface area contributed by atoms with Gasteiger partial charge in [0.2, 0.25) is 6.54 Å². The van der Waals surface area contributed by atoms with E-state index in [1.54, 1.807) is 20.8 Å². The van der Waals surface area contributed by atoms with Crippen LogP contribution in [0, 0.1) is 12.5 Å². The van der Waals surface area contributed by atoms with Crippen LogP contribution in [0.5, 0.6) is 0 Å². The number of alkyl carbamates (subject to hydrolysis) is 1. The van der Waals surface area contributed by atoms with Crippen LogP contribution in [0.3, 0.4) is 0 Å². The first-order valence-electron chi connectivity index (χ1n) is 6.63. The van der Waals surface area contributed by atoms with Gasteiger partial charge in [0, 0.05) is 0 Å². The Morgan fingerprint density at radius 1 is 1.14 bits per heavy atom.